The van der Waals surface area contributed by atoms with Crippen molar-refractivity contribution in [3.05, 3.63) is 29.0 Å². The molecule has 1 saturated heterocycles. The van der Waals surface area contributed by atoms with E-state index in [4.69, 9.17) is 16.7 Å². The predicted molar refractivity (Wildman–Crippen MR) is 71.8 cm³/mol. The van der Waals surface area contributed by atoms with Crippen molar-refractivity contribution in [1.29, 1.82) is 0 Å². The Bertz CT molecular complexity index is 470. The van der Waals surface area contributed by atoms with Crippen molar-refractivity contribution in [2.45, 2.75) is 12.8 Å². The number of hydrogen-bond acceptors (Lipinski definition) is 2. The number of amides is 2. The molecule has 104 valence electrons. The Balaban J connectivity index is 1.98. The number of nitrogens with zero attached hydrogens (tertiary/aromatic N) is 1. The van der Waals surface area contributed by atoms with E-state index >= 15 is 0 Å². The summed E-state index contributed by atoms with van der Waals surface area (Å²) >= 11 is 5.58. The van der Waals surface area contributed by atoms with Crippen molar-refractivity contribution in [1.82, 2.24) is 4.90 Å². The maximum Gasteiger partial charge on any atom is 0.321 e. The summed E-state index contributed by atoms with van der Waals surface area (Å²) in [6, 6.07) is 3.86. The van der Waals surface area contributed by atoms with Crippen molar-refractivity contribution >= 4 is 23.3 Å². The molecule has 2 amide bonds. The molecule has 1 aromatic rings. The summed E-state index contributed by atoms with van der Waals surface area (Å²) < 4.78 is 13.3. The maximum atomic E-state index is 13.3. The highest BCUT2D eigenvalue weighted by Gasteiger charge is 2.23. The molecule has 1 fully saturated rings. The van der Waals surface area contributed by atoms with Crippen LogP contribution in [-0.4, -0.2) is 35.7 Å². The van der Waals surface area contributed by atoms with Gasteiger partial charge in [0.15, 0.2) is 0 Å². The van der Waals surface area contributed by atoms with Crippen molar-refractivity contribution in [3.8, 4) is 0 Å². The van der Waals surface area contributed by atoms with E-state index in [0.29, 0.717) is 18.8 Å². The van der Waals surface area contributed by atoms with Gasteiger partial charge in [0.2, 0.25) is 0 Å². The van der Waals surface area contributed by atoms with Gasteiger partial charge in [-0.1, -0.05) is 11.6 Å². The Labute approximate surface area is 116 Å². The fourth-order valence-corrected chi connectivity index (χ4v) is 2.29. The quantitative estimate of drug-likeness (QED) is 0.878. The van der Waals surface area contributed by atoms with Crippen LogP contribution in [0.5, 0.6) is 0 Å². The van der Waals surface area contributed by atoms with Crippen molar-refractivity contribution < 1.29 is 14.3 Å². The molecular weight excluding hydrogens is 271 g/mol. The number of aliphatic hydroxyl groups excluding tert-OH is 1. The Morgan fingerprint density at radius 3 is 3.05 bits per heavy atom. The SMILES string of the molecule is O=C(Nc1ccc(Cl)c(F)c1)N1CCCC(CO)C1. The summed E-state index contributed by atoms with van der Waals surface area (Å²) in [4.78, 5) is 13.6. The molecule has 1 atom stereocenters. The van der Waals surface area contributed by atoms with Gasteiger partial charge >= 0.3 is 6.03 Å². The maximum absolute atomic E-state index is 13.3. The molecule has 0 aliphatic carbocycles. The zero-order chi connectivity index (χ0) is 13.8. The highest BCUT2D eigenvalue weighted by atomic mass is 35.5. The zero-order valence-electron chi connectivity index (χ0n) is 10.4. The standard InChI is InChI=1S/C13H16ClFN2O2/c14-11-4-3-10(6-12(11)15)16-13(19)17-5-1-2-9(7-17)8-18/h3-4,6,9,18H,1-2,5,7-8H2,(H,16,19). The van der Waals surface area contributed by atoms with E-state index in [2.05, 4.69) is 5.32 Å². The van der Waals surface area contributed by atoms with Gasteiger partial charge in [0, 0.05) is 25.4 Å². The number of hydrogen-bond donors (Lipinski definition) is 2. The second-order valence-corrected chi connectivity index (χ2v) is 5.10. The van der Waals surface area contributed by atoms with E-state index < -0.39 is 5.82 Å². The van der Waals surface area contributed by atoms with Crippen LogP contribution in [-0.2, 0) is 0 Å². The number of carbonyl (C=O) groups excluding carboxylic acids is 1. The van der Waals surface area contributed by atoms with Gasteiger partial charge in [0.05, 0.1) is 5.02 Å². The minimum absolute atomic E-state index is 0.0244. The van der Waals surface area contributed by atoms with Crippen LogP contribution in [0.1, 0.15) is 12.8 Å². The third-order valence-electron chi connectivity index (χ3n) is 3.24. The number of likely N-dealkylation sites (tertiary alicyclic amines) is 1. The van der Waals surface area contributed by atoms with Crippen LogP contribution in [0.15, 0.2) is 18.2 Å². The molecule has 0 radical (unpaired) electrons. The molecule has 4 nitrogen and oxygen atoms in total. The molecule has 1 heterocycles. The Morgan fingerprint density at radius 2 is 2.37 bits per heavy atom. The van der Waals surface area contributed by atoms with Crippen LogP contribution < -0.4 is 5.32 Å². The van der Waals surface area contributed by atoms with Gasteiger partial charge < -0.3 is 15.3 Å². The molecule has 0 bridgehead atoms. The van der Waals surface area contributed by atoms with E-state index in [1.54, 1.807) is 11.0 Å². The highest BCUT2D eigenvalue weighted by Crippen LogP contribution is 2.20. The predicted octanol–water partition coefficient (Wildman–Crippen LogP) is 2.72. The minimum Gasteiger partial charge on any atom is -0.396 e. The largest absolute Gasteiger partial charge is 0.396 e. The number of aliphatic hydroxyl groups is 1. The van der Waals surface area contributed by atoms with Crippen LogP contribution in [0.4, 0.5) is 14.9 Å². The normalized spacial score (nSPS) is 19.3. The first kappa shape index (κ1) is 14.1. The summed E-state index contributed by atoms with van der Waals surface area (Å²) in [6.45, 7) is 1.26. The van der Waals surface area contributed by atoms with Crippen LogP contribution in [0, 0.1) is 11.7 Å². The lowest BCUT2D eigenvalue weighted by atomic mass is 9.99. The Morgan fingerprint density at radius 1 is 1.58 bits per heavy atom. The molecule has 0 aromatic heterocycles. The second-order valence-electron chi connectivity index (χ2n) is 4.70. The molecular formula is C13H16ClFN2O2. The summed E-state index contributed by atoms with van der Waals surface area (Å²) in [7, 11) is 0. The van der Waals surface area contributed by atoms with Crippen LogP contribution >= 0.6 is 11.6 Å². The van der Waals surface area contributed by atoms with Gasteiger partial charge in [-0.05, 0) is 37.0 Å². The molecule has 2 rings (SSSR count). The third-order valence-corrected chi connectivity index (χ3v) is 3.54. The number of piperidine rings is 1. The zero-order valence-corrected chi connectivity index (χ0v) is 11.2. The van der Waals surface area contributed by atoms with Gasteiger partial charge in [0.1, 0.15) is 5.82 Å². The van der Waals surface area contributed by atoms with Gasteiger partial charge in [-0.2, -0.15) is 0 Å². The molecule has 19 heavy (non-hydrogen) atoms. The number of urea groups is 1. The highest BCUT2D eigenvalue weighted by molar-refractivity contribution is 6.30. The number of anilines is 1. The van der Waals surface area contributed by atoms with Crippen molar-refractivity contribution in [2.24, 2.45) is 5.92 Å². The number of nitrogens with one attached hydrogen (secondary N) is 1. The molecule has 1 aliphatic rings. The van der Waals surface area contributed by atoms with Gasteiger partial charge in [-0.15, -0.1) is 0 Å². The lowest BCUT2D eigenvalue weighted by molar-refractivity contribution is 0.136. The molecule has 1 unspecified atom stereocenters. The first-order valence-electron chi connectivity index (χ1n) is 6.22. The summed E-state index contributed by atoms with van der Waals surface area (Å²) in [5, 5.41) is 11.8. The fraction of sp³-hybridized carbons (Fsp3) is 0.462. The summed E-state index contributed by atoms with van der Waals surface area (Å²) in [6.07, 6.45) is 1.80. The number of halogens is 2. The van der Waals surface area contributed by atoms with Crippen molar-refractivity contribution in [3.63, 3.8) is 0 Å². The summed E-state index contributed by atoms with van der Waals surface area (Å²) in [5.74, 6) is -0.437. The lowest BCUT2D eigenvalue weighted by Gasteiger charge is -2.31. The van der Waals surface area contributed by atoms with Crippen LogP contribution in [0.25, 0.3) is 0 Å². The lowest BCUT2D eigenvalue weighted by Crippen LogP contribution is -2.43. The smallest absolute Gasteiger partial charge is 0.321 e. The Kier molecular flexibility index (Phi) is 4.61. The van der Waals surface area contributed by atoms with E-state index in [-0.39, 0.29) is 23.6 Å². The first-order valence-corrected chi connectivity index (χ1v) is 6.60. The molecule has 0 spiro atoms. The van der Waals surface area contributed by atoms with E-state index in [1.807, 2.05) is 0 Å². The first-order chi connectivity index (χ1) is 9.10. The van der Waals surface area contributed by atoms with Crippen LogP contribution in [0.2, 0.25) is 5.02 Å². The third kappa shape index (κ3) is 3.58. The van der Waals surface area contributed by atoms with E-state index in [1.165, 1.54) is 12.1 Å². The van der Waals surface area contributed by atoms with E-state index in [0.717, 1.165) is 12.8 Å². The monoisotopic (exact) mass is 286 g/mol. The molecule has 1 aromatic carbocycles. The number of carbonyl (C=O) groups is 1. The van der Waals surface area contributed by atoms with Gasteiger partial charge in [-0.3, -0.25) is 0 Å². The average Bonchev–Trinajstić information content (AvgIpc) is 2.43. The fourth-order valence-electron chi connectivity index (χ4n) is 2.17. The summed E-state index contributed by atoms with van der Waals surface area (Å²) in [5.41, 5.74) is 0.373. The van der Waals surface area contributed by atoms with Crippen LogP contribution in [0.3, 0.4) is 0 Å². The molecule has 1 aliphatic heterocycles. The van der Waals surface area contributed by atoms with E-state index in [9.17, 15) is 9.18 Å². The Hall–Kier alpha value is -1.33. The molecule has 2 N–H and O–H groups in total. The molecule has 6 heteroatoms. The second kappa shape index (κ2) is 6.21. The average molecular weight is 287 g/mol. The van der Waals surface area contributed by atoms with Gasteiger partial charge in [-0.25, -0.2) is 9.18 Å². The topological polar surface area (TPSA) is 52.6 Å². The number of benzene rings is 1. The number of rotatable bonds is 2. The van der Waals surface area contributed by atoms with Crippen molar-refractivity contribution in [2.75, 3.05) is 25.0 Å². The van der Waals surface area contributed by atoms with Gasteiger partial charge in [0.25, 0.3) is 0 Å². The molecule has 0 saturated carbocycles. The minimum atomic E-state index is -0.564.